The molecule has 0 radical (unpaired) electrons. The van der Waals surface area contributed by atoms with E-state index in [9.17, 15) is 9.59 Å². The van der Waals surface area contributed by atoms with Crippen LogP contribution in [0.15, 0.2) is 76.1 Å². The van der Waals surface area contributed by atoms with Crippen LogP contribution in [0.25, 0.3) is 6.08 Å². The lowest BCUT2D eigenvalue weighted by Crippen LogP contribution is -2.27. The van der Waals surface area contributed by atoms with Crippen molar-refractivity contribution in [2.45, 2.75) is 20.1 Å². The van der Waals surface area contributed by atoms with Crippen molar-refractivity contribution in [2.24, 2.45) is 0 Å². The van der Waals surface area contributed by atoms with Gasteiger partial charge in [-0.2, -0.15) is 0 Å². The fraction of sp³-hybridized carbons (Fsp3) is 0.154. The first-order valence-electron chi connectivity index (χ1n) is 10.3. The molecular formula is C26H22BrNO4S. The average Bonchev–Trinajstić information content (AvgIpc) is 3.07. The molecule has 1 aliphatic rings. The van der Waals surface area contributed by atoms with Crippen LogP contribution in [0.3, 0.4) is 0 Å². The highest BCUT2D eigenvalue weighted by Gasteiger charge is 2.35. The lowest BCUT2D eigenvalue weighted by Gasteiger charge is -2.13. The normalized spacial score (nSPS) is 14.8. The van der Waals surface area contributed by atoms with E-state index in [2.05, 4.69) is 15.9 Å². The van der Waals surface area contributed by atoms with Crippen LogP contribution in [-0.2, 0) is 17.9 Å². The van der Waals surface area contributed by atoms with Crippen LogP contribution < -0.4 is 9.47 Å². The SMILES string of the molecule is COc1cc(/C=C2\SC(=O)N(Cc3ccc(Br)cc3)C2=O)ccc1OCc1ccc(C)cc1. The minimum absolute atomic E-state index is 0.240. The molecule has 1 aliphatic heterocycles. The fourth-order valence-electron chi connectivity index (χ4n) is 3.30. The number of halogens is 1. The number of carbonyl (C=O) groups excluding carboxylic acids is 2. The van der Waals surface area contributed by atoms with E-state index in [0.29, 0.717) is 23.0 Å². The van der Waals surface area contributed by atoms with Gasteiger partial charge in [0.2, 0.25) is 0 Å². The monoisotopic (exact) mass is 523 g/mol. The molecular weight excluding hydrogens is 502 g/mol. The molecule has 5 nitrogen and oxygen atoms in total. The van der Waals surface area contributed by atoms with E-state index in [0.717, 1.165) is 32.9 Å². The summed E-state index contributed by atoms with van der Waals surface area (Å²) in [5.74, 6) is 0.870. The number of ether oxygens (including phenoxy) is 2. The molecule has 1 fully saturated rings. The number of hydrogen-bond donors (Lipinski definition) is 0. The van der Waals surface area contributed by atoms with Crippen molar-refractivity contribution in [3.63, 3.8) is 0 Å². The van der Waals surface area contributed by atoms with Gasteiger partial charge in [0, 0.05) is 4.47 Å². The van der Waals surface area contributed by atoms with Crippen LogP contribution in [-0.4, -0.2) is 23.2 Å². The maximum atomic E-state index is 12.8. The summed E-state index contributed by atoms with van der Waals surface area (Å²) >= 11 is 4.33. The topological polar surface area (TPSA) is 55.8 Å². The van der Waals surface area contributed by atoms with Crippen molar-refractivity contribution in [2.75, 3.05) is 7.11 Å². The molecule has 0 bridgehead atoms. The van der Waals surface area contributed by atoms with E-state index >= 15 is 0 Å². The first-order chi connectivity index (χ1) is 15.9. The Bertz CT molecular complexity index is 1210. The molecule has 3 aromatic carbocycles. The third-order valence-electron chi connectivity index (χ3n) is 5.13. The predicted octanol–water partition coefficient (Wildman–Crippen LogP) is 6.58. The number of carbonyl (C=O) groups is 2. The summed E-state index contributed by atoms with van der Waals surface area (Å²) in [6.45, 7) is 2.71. The number of thioether (sulfide) groups is 1. The van der Waals surface area contributed by atoms with Gasteiger partial charge >= 0.3 is 0 Å². The van der Waals surface area contributed by atoms with Gasteiger partial charge in [-0.05, 0) is 65.7 Å². The Morgan fingerprint density at radius 1 is 0.939 bits per heavy atom. The van der Waals surface area contributed by atoms with Gasteiger partial charge in [-0.15, -0.1) is 0 Å². The lowest BCUT2D eigenvalue weighted by atomic mass is 10.1. The van der Waals surface area contributed by atoms with Gasteiger partial charge < -0.3 is 9.47 Å². The first-order valence-corrected chi connectivity index (χ1v) is 11.9. The number of aryl methyl sites for hydroxylation is 1. The summed E-state index contributed by atoms with van der Waals surface area (Å²) in [7, 11) is 1.57. The Hall–Kier alpha value is -3.03. The number of methoxy groups -OCH3 is 1. The van der Waals surface area contributed by atoms with Gasteiger partial charge in [0.1, 0.15) is 6.61 Å². The van der Waals surface area contributed by atoms with Crippen molar-refractivity contribution in [1.29, 1.82) is 0 Å². The summed E-state index contributed by atoms with van der Waals surface area (Å²) in [4.78, 5) is 26.9. The predicted molar refractivity (Wildman–Crippen MR) is 134 cm³/mol. The smallest absolute Gasteiger partial charge is 0.293 e. The Morgan fingerprint density at radius 3 is 2.33 bits per heavy atom. The maximum absolute atomic E-state index is 12.8. The fourth-order valence-corrected chi connectivity index (χ4v) is 4.40. The zero-order chi connectivity index (χ0) is 23.4. The number of rotatable bonds is 7. The van der Waals surface area contributed by atoms with E-state index in [1.165, 1.54) is 10.5 Å². The summed E-state index contributed by atoms with van der Waals surface area (Å²) in [5.41, 5.74) is 3.90. The zero-order valence-electron chi connectivity index (χ0n) is 18.2. The first kappa shape index (κ1) is 23.1. The van der Waals surface area contributed by atoms with E-state index < -0.39 is 0 Å². The highest BCUT2D eigenvalue weighted by Crippen LogP contribution is 2.35. The van der Waals surface area contributed by atoms with Crippen LogP contribution in [0.2, 0.25) is 0 Å². The van der Waals surface area contributed by atoms with Gasteiger partial charge in [0.05, 0.1) is 18.6 Å². The Kier molecular flexibility index (Phi) is 7.20. The van der Waals surface area contributed by atoms with Crippen LogP contribution in [0.4, 0.5) is 4.79 Å². The summed E-state index contributed by atoms with van der Waals surface area (Å²) < 4.78 is 12.4. The quantitative estimate of drug-likeness (QED) is 0.327. The molecule has 2 amide bonds. The zero-order valence-corrected chi connectivity index (χ0v) is 20.6. The summed E-state index contributed by atoms with van der Waals surface area (Å²) in [6.07, 6.45) is 1.71. The lowest BCUT2D eigenvalue weighted by molar-refractivity contribution is -0.123. The van der Waals surface area contributed by atoms with E-state index in [4.69, 9.17) is 9.47 Å². The minimum atomic E-state index is -0.299. The molecule has 0 atom stereocenters. The van der Waals surface area contributed by atoms with Gasteiger partial charge in [-0.25, -0.2) is 0 Å². The second kappa shape index (κ2) is 10.3. The van der Waals surface area contributed by atoms with Crippen molar-refractivity contribution in [3.8, 4) is 11.5 Å². The number of nitrogens with zero attached hydrogens (tertiary/aromatic N) is 1. The molecule has 168 valence electrons. The van der Waals surface area contributed by atoms with Crippen LogP contribution >= 0.6 is 27.7 Å². The molecule has 1 saturated heterocycles. The second-order valence-electron chi connectivity index (χ2n) is 7.58. The van der Waals surface area contributed by atoms with Crippen LogP contribution in [0.5, 0.6) is 11.5 Å². The Labute approximate surface area is 205 Å². The summed E-state index contributed by atoms with van der Waals surface area (Å²) in [6, 6.07) is 21.1. The molecule has 0 aromatic heterocycles. The molecule has 0 spiro atoms. The highest BCUT2D eigenvalue weighted by molar-refractivity contribution is 9.10. The molecule has 1 heterocycles. The second-order valence-corrected chi connectivity index (χ2v) is 9.49. The standard InChI is InChI=1S/C26H22BrNO4S/c1-17-3-5-19(6-4-17)16-32-22-12-9-20(13-23(22)31-2)14-24-25(29)28(26(30)33-24)15-18-7-10-21(27)11-8-18/h3-14H,15-16H2,1-2H3/b24-14-. The molecule has 0 unspecified atom stereocenters. The van der Waals surface area contributed by atoms with Crippen LogP contribution in [0.1, 0.15) is 22.3 Å². The number of benzene rings is 3. The molecule has 3 aromatic rings. The molecule has 7 heteroatoms. The van der Waals surface area contributed by atoms with Crippen molar-refractivity contribution in [1.82, 2.24) is 4.90 Å². The average molecular weight is 524 g/mol. The molecule has 0 N–H and O–H groups in total. The van der Waals surface area contributed by atoms with E-state index in [-0.39, 0.29) is 17.7 Å². The summed E-state index contributed by atoms with van der Waals surface area (Å²) in [5, 5.41) is -0.279. The third kappa shape index (κ3) is 5.67. The van der Waals surface area contributed by atoms with Crippen LogP contribution in [0, 0.1) is 6.92 Å². The van der Waals surface area contributed by atoms with Gasteiger partial charge in [-0.3, -0.25) is 14.5 Å². The largest absolute Gasteiger partial charge is 0.493 e. The van der Waals surface area contributed by atoms with Crippen molar-refractivity contribution < 1.29 is 19.1 Å². The minimum Gasteiger partial charge on any atom is -0.493 e. The Morgan fingerprint density at radius 2 is 1.64 bits per heavy atom. The number of amides is 2. The Balaban J connectivity index is 1.47. The number of hydrogen-bond acceptors (Lipinski definition) is 5. The molecule has 33 heavy (non-hydrogen) atoms. The highest BCUT2D eigenvalue weighted by atomic mass is 79.9. The van der Waals surface area contributed by atoms with Crippen molar-refractivity contribution in [3.05, 3.63) is 98.4 Å². The van der Waals surface area contributed by atoms with Gasteiger partial charge in [0.25, 0.3) is 11.1 Å². The third-order valence-corrected chi connectivity index (χ3v) is 6.56. The molecule has 4 rings (SSSR count). The molecule has 0 aliphatic carbocycles. The van der Waals surface area contributed by atoms with E-state index in [1.54, 1.807) is 19.3 Å². The van der Waals surface area contributed by atoms with Gasteiger partial charge in [-0.1, -0.05) is 64.0 Å². The van der Waals surface area contributed by atoms with Crippen molar-refractivity contribution >= 4 is 44.9 Å². The molecule has 0 saturated carbocycles. The maximum Gasteiger partial charge on any atom is 0.293 e. The van der Waals surface area contributed by atoms with E-state index in [1.807, 2.05) is 67.6 Å². The van der Waals surface area contributed by atoms with Gasteiger partial charge in [0.15, 0.2) is 11.5 Å². The number of imide groups is 1.